The molecule has 0 bridgehead atoms. The predicted molar refractivity (Wildman–Crippen MR) is 64.3 cm³/mol. The van der Waals surface area contributed by atoms with Gasteiger partial charge in [-0.25, -0.2) is 0 Å². The van der Waals surface area contributed by atoms with Crippen LogP contribution < -0.4 is 0 Å². The molecule has 0 aromatic carbocycles. The Morgan fingerprint density at radius 1 is 1.19 bits per heavy atom. The van der Waals surface area contributed by atoms with Gasteiger partial charge in [0.1, 0.15) is 0 Å². The Balaban J connectivity index is 3.49. The van der Waals surface area contributed by atoms with E-state index in [-0.39, 0.29) is 0 Å². The maximum absolute atomic E-state index is 8.54. The molecule has 0 saturated heterocycles. The molecule has 0 aliphatic carbocycles. The SMILES string of the molecule is COCCCOCCN(CCC#N)C(C)C. The molecule has 0 rings (SSSR count). The van der Waals surface area contributed by atoms with E-state index in [0.29, 0.717) is 12.5 Å². The quantitative estimate of drug-likeness (QED) is 0.533. The van der Waals surface area contributed by atoms with Crippen molar-refractivity contribution in [1.82, 2.24) is 4.90 Å². The van der Waals surface area contributed by atoms with Crippen molar-refractivity contribution in [1.29, 1.82) is 5.26 Å². The molecule has 4 heteroatoms. The first-order valence-corrected chi connectivity index (χ1v) is 5.90. The average molecular weight is 228 g/mol. The normalized spacial score (nSPS) is 11.0. The van der Waals surface area contributed by atoms with Crippen molar-refractivity contribution in [3.8, 4) is 6.07 Å². The summed E-state index contributed by atoms with van der Waals surface area (Å²) in [6, 6.07) is 2.64. The fourth-order valence-corrected chi connectivity index (χ4v) is 1.41. The number of ether oxygens (including phenoxy) is 2. The van der Waals surface area contributed by atoms with Crippen LogP contribution in [0.5, 0.6) is 0 Å². The fraction of sp³-hybridized carbons (Fsp3) is 0.917. The lowest BCUT2D eigenvalue weighted by Gasteiger charge is -2.25. The lowest BCUT2D eigenvalue weighted by atomic mass is 10.3. The molecule has 94 valence electrons. The second kappa shape index (κ2) is 10.9. The van der Waals surface area contributed by atoms with Crippen LogP contribution in [0.1, 0.15) is 26.7 Å². The van der Waals surface area contributed by atoms with Crippen LogP contribution in [-0.2, 0) is 9.47 Å². The molecule has 0 aromatic heterocycles. The maximum atomic E-state index is 8.54. The summed E-state index contributed by atoms with van der Waals surface area (Å²) in [5, 5.41) is 8.54. The molecule has 16 heavy (non-hydrogen) atoms. The van der Waals surface area contributed by atoms with Gasteiger partial charge in [-0.15, -0.1) is 0 Å². The van der Waals surface area contributed by atoms with E-state index in [0.717, 1.165) is 39.3 Å². The molecule has 0 unspecified atom stereocenters. The molecule has 0 saturated carbocycles. The standard InChI is InChI=1S/C12H24N2O2/c1-12(2)14(7-4-6-13)8-11-16-10-5-9-15-3/h12H,4-5,7-11H2,1-3H3. The number of methoxy groups -OCH3 is 1. The third-order valence-electron chi connectivity index (χ3n) is 2.40. The third kappa shape index (κ3) is 8.66. The first-order chi connectivity index (χ1) is 7.72. The summed E-state index contributed by atoms with van der Waals surface area (Å²) in [7, 11) is 1.70. The van der Waals surface area contributed by atoms with Crippen LogP contribution in [0.15, 0.2) is 0 Å². The van der Waals surface area contributed by atoms with Gasteiger partial charge >= 0.3 is 0 Å². The molecule has 0 aliphatic rings. The zero-order valence-corrected chi connectivity index (χ0v) is 10.7. The van der Waals surface area contributed by atoms with Crippen LogP contribution in [0.3, 0.4) is 0 Å². The topological polar surface area (TPSA) is 45.5 Å². The fourth-order valence-electron chi connectivity index (χ4n) is 1.41. The highest BCUT2D eigenvalue weighted by atomic mass is 16.5. The molecule has 0 aliphatic heterocycles. The minimum Gasteiger partial charge on any atom is -0.385 e. The number of nitriles is 1. The molecular formula is C12H24N2O2. The molecular weight excluding hydrogens is 204 g/mol. The zero-order chi connectivity index (χ0) is 12.2. The number of rotatable bonds is 10. The summed E-state index contributed by atoms with van der Waals surface area (Å²) in [4.78, 5) is 2.26. The van der Waals surface area contributed by atoms with Crippen LogP contribution in [0.2, 0.25) is 0 Å². The summed E-state index contributed by atoms with van der Waals surface area (Å²) in [6.07, 6.45) is 1.53. The molecule has 0 atom stereocenters. The molecule has 0 N–H and O–H groups in total. The van der Waals surface area contributed by atoms with E-state index in [9.17, 15) is 0 Å². The molecule has 0 aromatic rings. The monoisotopic (exact) mass is 228 g/mol. The minimum atomic E-state index is 0.468. The predicted octanol–water partition coefficient (Wildman–Crippen LogP) is 1.66. The minimum absolute atomic E-state index is 0.468. The van der Waals surface area contributed by atoms with Gasteiger partial charge in [0.15, 0.2) is 0 Å². The van der Waals surface area contributed by atoms with Gasteiger partial charge in [0, 0.05) is 45.9 Å². The summed E-state index contributed by atoms with van der Waals surface area (Å²) >= 11 is 0. The highest BCUT2D eigenvalue weighted by Crippen LogP contribution is 1.99. The third-order valence-corrected chi connectivity index (χ3v) is 2.40. The largest absolute Gasteiger partial charge is 0.385 e. The first kappa shape index (κ1) is 15.4. The highest BCUT2D eigenvalue weighted by Gasteiger charge is 2.07. The van der Waals surface area contributed by atoms with Crippen molar-refractivity contribution in [3.63, 3.8) is 0 Å². The molecule has 0 heterocycles. The number of nitrogens with zero attached hydrogens (tertiary/aromatic N) is 2. The summed E-state index contributed by atoms with van der Waals surface area (Å²) in [6.45, 7) is 8.24. The van der Waals surface area contributed by atoms with Crippen molar-refractivity contribution in [2.24, 2.45) is 0 Å². The second-order valence-corrected chi connectivity index (χ2v) is 4.00. The number of hydrogen-bond acceptors (Lipinski definition) is 4. The summed E-state index contributed by atoms with van der Waals surface area (Å²) in [5.74, 6) is 0. The van der Waals surface area contributed by atoms with Crippen molar-refractivity contribution >= 4 is 0 Å². The van der Waals surface area contributed by atoms with Crippen molar-refractivity contribution in [2.45, 2.75) is 32.7 Å². The average Bonchev–Trinajstić information content (AvgIpc) is 2.26. The Kier molecular flexibility index (Phi) is 10.4. The van der Waals surface area contributed by atoms with E-state index in [1.54, 1.807) is 7.11 Å². The Morgan fingerprint density at radius 3 is 2.50 bits per heavy atom. The molecule has 0 spiro atoms. The van der Waals surface area contributed by atoms with Gasteiger partial charge in [-0.05, 0) is 20.3 Å². The van der Waals surface area contributed by atoms with Crippen LogP contribution in [0, 0.1) is 11.3 Å². The summed E-state index contributed by atoms with van der Waals surface area (Å²) in [5.41, 5.74) is 0. The van der Waals surface area contributed by atoms with Gasteiger partial charge in [-0.3, -0.25) is 4.90 Å². The van der Waals surface area contributed by atoms with Crippen LogP contribution in [0.4, 0.5) is 0 Å². The Labute approximate surface area is 99.1 Å². The Bertz CT molecular complexity index is 190. The van der Waals surface area contributed by atoms with E-state index in [2.05, 4.69) is 24.8 Å². The molecule has 0 radical (unpaired) electrons. The maximum Gasteiger partial charge on any atom is 0.0635 e. The lowest BCUT2D eigenvalue weighted by molar-refractivity contribution is 0.0769. The van der Waals surface area contributed by atoms with E-state index < -0.39 is 0 Å². The van der Waals surface area contributed by atoms with Crippen LogP contribution >= 0.6 is 0 Å². The smallest absolute Gasteiger partial charge is 0.0635 e. The zero-order valence-electron chi connectivity index (χ0n) is 10.7. The molecule has 0 amide bonds. The second-order valence-electron chi connectivity index (χ2n) is 4.00. The molecule has 0 fully saturated rings. The van der Waals surface area contributed by atoms with Gasteiger partial charge in [0.25, 0.3) is 0 Å². The van der Waals surface area contributed by atoms with Gasteiger partial charge in [0.2, 0.25) is 0 Å². The lowest BCUT2D eigenvalue weighted by Crippen LogP contribution is -2.34. The van der Waals surface area contributed by atoms with Gasteiger partial charge in [-0.2, -0.15) is 5.26 Å². The van der Waals surface area contributed by atoms with E-state index in [1.165, 1.54) is 0 Å². The first-order valence-electron chi connectivity index (χ1n) is 5.90. The number of hydrogen-bond donors (Lipinski definition) is 0. The van der Waals surface area contributed by atoms with Crippen molar-refractivity contribution < 1.29 is 9.47 Å². The van der Waals surface area contributed by atoms with Crippen LogP contribution in [0.25, 0.3) is 0 Å². The van der Waals surface area contributed by atoms with Gasteiger partial charge < -0.3 is 9.47 Å². The highest BCUT2D eigenvalue weighted by molar-refractivity contribution is 4.73. The Morgan fingerprint density at radius 2 is 1.94 bits per heavy atom. The van der Waals surface area contributed by atoms with Gasteiger partial charge in [-0.1, -0.05) is 0 Å². The van der Waals surface area contributed by atoms with Crippen molar-refractivity contribution in [3.05, 3.63) is 0 Å². The van der Waals surface area contributed by atoms with Crippen LogP contribution in [-0.4, -0.2) is 51.0 Å². The van der Waals surface area contributed by atoms with Gasteiger partial charge in [0.05, 0.1) is 12.7 Å². The van der Waals surface area contributed by atoms with E-state index >= 15 is 0 Å². The Hall–Kier alpha value is -0.630. The van der Waals surface area contributed by atoms with Crippen molar-refractivity contribution in [2.75, 3.05) is 40.0 Å². The molecule has 4 nitrogen and oxygen atoms in total. The van der Waals surface area contributed by atoms with E-state index in [4.69, 9.17) is 14.7 Å². The summed E-state index contributed by atoms with van der Waals surface area (Å²) < 4.78 is 10.4. The van der Waals surface area contributed by atoms with E-state index in [1.807, 2.05) is 0 Å².